The fourth-order valence-corrected chi connectivity index (χ4v) is 3.32. The molecular weight excluding hydrogens is 321 g/mol. The Morgan fingerprint density at radius 1 is 1.04 bits per heavy atom. The van der Waals surface area contributed by atoms with Crippen molar-refractivity contribution in [3.05, 3.63) is 65.9 Å². The summed E-state index contributed by atoms with van der Waals surface area (Å²) in [5.41, 5.74) is 1.41. The number of phenols is 1. The Hall–Kier alpha value is -2.57. The van der Waals surface area contributed by atoms with Crippen LogP contribution in [0.4, 0.5) is 4.39 Å². The van der Waals surface area contributed by atoms with Crippen LogP contribution in [0.1, 0.15) is 17.3 Å². The summed E-state index contributed by atoms with van der Waals surface area (Å²) in [6.07, 6.45) is 3.21. The summed E-state index contributed by atoms with van der Waals surface area (Å²) in [5.74, 6) is -0.320. The number of halogens is 1. The largest absolute Gasteiger partial charge is 0.505 e. The van der Waals surface area contributed by atoms with Crippen molar-refractivity contribution >= 4 is 10.9 Å². The molecule has 1 aliphatic heterocycles. The monoisotopic (exact) mass is 339 g/mol. The van der Waals surface area contributed by atoms with Crippen LogP contribution in [0.5, 0.6) is 5.75 Å². The van der Waals surface area contributed by atoms with E-state index >= 15 is 0 Å². The van der Waals surface area contributed by atoms with E-state index in [0.717, 1.165) is 5.39 Å². The van der Waals surface area contributed by atoms with Crippen molar-refractivity contribution in [1.29, 1.82) is 0 Å². The van der Waals surface area contributed by atoms with E-state index in [9.17, 15) is 9.50 Å². The molecule has 0 aliphatic carbocycles. The zero-order valence-electron chi connectivity index (χ0n) is 13.6. The number of benzene rings is 1. The van der Waals surface area contributed by atoms with Gasteiger partial charge in [-0.15, -0.1) is 0 Å². The Labute approximate surface area is 144 Å². The van der Waals surface area contributed by atoms with E-state index in [4.69, 9.17) is 4.74 Å². The highest BCUT2D eigenvalue weighted by molar-refractivity contribution is 5.85. The van der Waals surface area contributed by atoms with Crippen LogP contribution in [0.15, 0.2) is 48.8 Å². The number of fused-ring (bicyclic) bond motifs is 1. The molecule has 2 aromatic heterocycles. The van der Waals surface area contributed by atoms with E-state index in [1.54, 1.807) is 18.5 Å². The van der Waals surface area contributed by atoms with E-state index in [-0.39, 0.29) is 11.6 Å². The molecule has 25 heavy (non-hydrogen) atoms. The van der Waals surface area contributed by atoms with E-state index in [1.165, 1.54) is 6.07 Å². The third-order valence-corrected chi connectivity index (χ3v) is 4.53. The third kappa shape index (κ3) is 2.94. The normalized spacial score (nSPS) is 16.8. The summed E-state index contributed by atoms with van der Waals surface area (Å²) < 4.78 is 19.9. The minimum absolute atomic E-state index is 0.0691. The highest BCUT2D eigenvalue weighted by Gasteiger charge is 2.30. The van der Waals surface area contributed by atoms with Crippen LogP contribution in [0, 0.1) is 5.82 Å². The quantitative estimate of drug-likeness (QED) is 0.795. The number of ether oxygens (including phenoxy) is 1. The highest BCUT2D eigenvalue weighted by atomic mass is 19.1. The number of nitrogens with zero attached hydrogens (tertiary/aromatic N) is 3. The van der Waals surface area contributed by atoms with Gasteiger partial charge in [-0.25, -0.2) is 4.39 Å². The summed E-state index contributed by atoms with van der Waals surface area (Å²) in [6.45, 7) is 2.41. The molecule has 128 valence electrons. The van der Waals surface area contributed by atoms with Crippen LogP contribution in [0.3, 0.4) is 0 Å². The van der Waals surface area contributed by atoms with Gasteiger partial charge in [-0.2, -0.15) is 0 Å². The van der Waals surface area contributed by atoms with Gasteiger partial charge in [0, 0.05) is 36.4 Å². The predicted molar refractivity (Wildman–Crippen MR) is 91.8 cm³/mol. The third-order valence-electron chi connectivity index (χ3n) is 4.53. The fourth-order valence-electron chi connectivity index (χ4n) is 3.32. The summed E-state index contributed by atoms with van der Waals surface area (Å²) in [7, 11) is 0. The molecule has 6 heteroatoms. The van der Waals surface area contributed by atoms with Gasteiger partial charge in [-0.1, -0.05) is 18.2 Å². The standard InChI is InChI=1S/C19H18FN3O2/c20-15-4-2-8-22-17(15)18(23-9-11-25-12-10-23)14-6-5-13-3-1-7-21-16(13)19(14)24/h1-8,18,24H,9-12H2. The minimum atomic E-state index is -0.489. The number of phenolic OH excluding ortho intramolecular Hbond substituents is 1. The summed E-state index contributed by atoms with van der Waals surface area (Å²) in [5, 5.41) is 11.7. The number of aromatic nitrogens is 2. The number of rotatable bonds is 3. The number of pyridine rings is 2. The molecular formula is C19H18FN3O2. The molecule has 1 N–H and O–H groups in total. The van der Waals surface area contributed by atoms with Gasteiger partial charge >= 0.3 is 0 Å². The van der Waals surface area contributed by atoms with Gasteiger partial charge in [0.15, 0.2) is 0 Å². The molecule has 1 atom stereocenters. The smallest absolute Gasteiger partial charge is 0.146 e. The van der Waals surface area contributed by atoms with Crippen molar-refractivity contribution in [3.8, 4) is 5.75 Å². The molecule has 0 saturated carbocycles. The van der Waals surface area contributed by atoms with Gasteiger partial charge in [0.1, 0.15) is 17.1 Å². The molecule has 0 amide bonds. The van der Waals surface area contributed by atoms with Crippen molar-refractivity contribution < 1.29 is 14.2 Å². The van der Waals surface area contributed by atoms with E-state index in [2.05, 4.69) is 14.9 Å². The second-order valence-electron chi connectivity index (χ2n) is 6.00. The van der Waals surface area contributed by atoms with Crippen molar-refractivity contribution in [2.45, 2.75) is 6.04 Å². The Balaban J connectivity index is 1.89. The fraction of sp³-hybridized carbons (Fsp3) is 0.263. The van der Waals surface area contributed by atoms with Crippen molar-refractivity contribution in [1.82, 2.24) is 14.9 Å². The van der Waals surface area contributed by atoms with Crippen molar-refractivity contribution in [3.63, 3.8) is 0 Å². The number of hydrogen-bond acceptors (Lipinski definition) is 5. The molecule has 1 aliphatic rings. The molecule has 1 unspecified atom stereocenters. The molecule has 0 bridgehead atoms. The van der Waals surface area contributed by atoms with Crippen LogP contribution >= 0.6 is 0 Å². The second kappa shape index (κ2) is 6.74. The first-order chi connectivity index (χ1) is 12.3. The zero-order valence-corrected chi connectivity index (χ0v) is 13.6. The van der Waals surface area contributed by atoms with Crippen molar-refractivity contribution in [2.24, 2.45) is 0 Å². The first-order valence-corrected chi connectivity index (χ1v) is 8.24. The lowest BCUT2D eigenvalue weighted by Crippen LogP contribution is -2.40. The first-order valence-electron chi connectivity index (χ1n) is 8.24. The van der Waals surface area contributed by atoms with E-state index in [0.29, 0.717) is 43.1 Å². The average molecular weight is 339 g/mol. The predicted octanol–water partition coefficient (Wildman–Crippen LogP) is 2.90. The Kier molecular flexibility index (Phi) is 4.29. The summed E-state index contributed by atoms with van der Waals surface area (Å²) in [4.78, 5) is 10.6. The van der Waals surface area contributed by atoms with E-state index in [1.807, 2.05) is 24.3 Å². The maximum atomic E-state index is 14.5. The first kappa shape index (κ1) is 15.9. The second-order valence-corrected chi connectivity index (χ2v) is 6.00. The van der Waals surface area contributed by atoms with E-state index < -0.39 is 6.04 Å². The highest BCUT2D eigenvalue weighted by Crippen LogP contribution is 2.38. The topological polar surface area (TPSA) is 58.5 Å². The summed E-state index contributed by atoms with van der Waals surface area (Å²) in [6, 6.07) is 9.90. The number of morpholine rings is 1. The molecule has 5 nitrogen and oxygen atoms in total. The maximum Gasteiger partial charge on any atom is 0.146 e. The van der Waals surface area contributed by atoms with Gasteiger partial charge in [0.2, 0.25) is 0 Å². The van der Waals surface area contributed by atoms with Gasteiger partial charge in [-0.3, -0.25) is 14.9 Å². The zero-order chi connectivity index (χ0) is 17.2. The lowest BCUT2D eigenvalue weighted by Gasteiger charge is -2.34. The van der Waals surface area contributed by atoms with Crippen LogP contribution in [0.25, 0.3) is 10.9 Å². The number of hydrogen-bond donors (Lipinski definition) is 1. The molecule has 3 aromatic rings. The molecule has 1 fully saturated rings. The molecule has 1 saturated heterocycles. The molecule has 0 radical (unpaired) electrons. The lowest BCUT2D eigenvalue weighted by atomic mass is 9.97. The van der Waals surface area contributed by atoms with Crippen LogP contribution in [0.2, 0.25) is 0 Å². The molecule has 3 heterocycles. The van der Waals surface area contributed by atoms with Crippen LogP contribution in [-0.2, 0) is 4.74 Å². The Morgan fingerprint density at radius 3 is 2.60 bits per heavy atom. The van der Waals surface area contributed by atoms with Crippen LogP contribution < -0.4 is 0 Å². The molecule has 0 spiro atoms. The van der Waals surface area contributed by atoms with Crippen molar-refractivity contribution in [2.75, 3.05) is 26.3 Å². The molecule has 4 rings (SSSR count). The lowest BCUT2D eigenvalue weighted by molar-refractivity contribution is 0.0222. The number of aromatic hydroxyl groups is 1. The van der Waals surface area contributed by atoms with Gasteiger partial charge in [0.05, 0.1) is 24.9 Å². The SMILES string of the molecule is Oc1c(C(c2ncccc2F)N2CCOCC2)ccc2cccnc12. The minimum Gasteiger partial charge on any atom is -0.505 e. The Morgan fingerprint density at radius 2 is 1.80 bits per heavy atom. The van der Waals surface area contributed by atoms with Gasteiger partial charge < -0.3 is 9.84 Å². The van der Waals surface area contributed by atoms with Crippen LogP contribution in [-0.4, -0.2) is 46.3 Å². The average Bonchev–Trinajstić information content (AvgIpc) is 2.66. The summed E-state index contributed by atoms with van der Waals surface area (Å²) >= 11 is 0. The van der Waals surface area contributed by atoms with Gasteiger partial charge in [-0.05, 0) is 18.2 Å². The Bertz CT molecular complexity index is 897. The van der Waals surface area contributed by atoms with Gasteiger partial charge in [0.25, 0.3) is 0 Å². The molecule has 1 aromatic carbocycles. The maximum absolute atomic E-state index is 14.5.